The highest BCUT2D eigenvalue weighted by molar-refractivity contribution is 5.94. The molecule has 1 aromatic heterocycles. The highest BCUT2D eigenvalue weighted by Gasteiger charge is 2.20. The molecule has 0 saturated carbocycles. The number of aromatic nitrogens is 1. The Kier molecular flexibility index (Phi) is 7.68. The van der Waals surface area contributed by atoms with Crippen molar-refractivity contribution in [3.63, 3.8) is 0 Å². The van der Waals surface area contributed by atoms with Crippen LogP contribution in [0.15, 0.2) is 73.1 Å². The Bertz CT molecular complexity index is 1030. The maximum atomic E-state index is 13.2. The number of nitrogens with one attached hydrogen (secondary N) is 1. The maximum Gasteiger partial charge on any atom is 0.225 e. The maximum absolute atomic E-state index is 13.2. The van der Waals surface area contributed by atoms with Gasteiger partial charge >= 0.3 is 0 Å². The number of amides is 1. The third-order valence-electron chi connectivity index (χ3n) is 6.29. The monoisotopic (exact) mass is 446 g/mol. The molecule has 0 radical (unpaired) electrons. The number of rotatable bonds is 8. The lowest BCUT2D eigenvalue weighted by Crippen LogP contribution is -2.47. The summed E-state index contributed by atoms with van der Waals surface area (Å²) in [5.41, 5.74) is 4.19. The van der Waals surface area contributed by atoms with E-state index in [1.807, 2.05) is 37.5 Å². The van der Waals surface area contributed by atoms with Crippen LogP contribution in [0.4, 0.5) is 15.8 Å². The summed E-state index contributed by atoms with van der Waals surface area (Å²) < 4.78 is 13.2. The number of pyridine rings is 1. The molecule has 172 valence electrons. The SMILES string of the molecule is CC(CC(=O)Nc1ccccc1N1CCN(CCc2ccncc2)CC1)c1ccc(F)cc1. The third kappa shape index (κ3) is 6.39. The van der Waals surface area contributed by atoms with Crippen LogP contribution in [0.1, 0.15) is 30.4 Å². The van der Waals surface area contributed by atoms with Crippen LogP contribution >= 0.6 is 0 Å². The van der Waals surface area contributed by atoms with Gasteiger partial charge in [0.1, 0.15) is 5.82 Å². The van der Waals surface area contributed by atoms with Gasteiger partial charge in [0.25, 0.3) is 0 Å². The molecule has 1 aliphatic rings. The zero-order chi connectivity index (χ0) is 23.0. The van der Waals surface area contributed by atoms with Crippen molar-refractivity contribution >= 4 is 17.3 Å². The van der Waals surface area contributed by atoms with Crippen LogP contribution in [-0.4, -0.2) is 48.5 Å². The second kappa shape index (κ2) is 11.1. The van der Waals surface area contributed by atoms with Crippen molar-refractivity contribution in [2.75, 3.05) is 42.9 Å². The summed E-state index contributed by atoms with van der Waals surface area (Å²) in [6, 6.07) is 18.5. The summed E-state index contributed by atoms with van der Waals surface area (Å²) in [5.74, 6) is -0.279. The zero-order valence-electron chi connectivity index (χ0n) is 19.1. The number of para-hydroxylation sites is 2. The van der Waals surface area contributed by atoms with Crippen LogP contribution in [0.3, 0.4) is 0 Å². The van der Waals surface area contributed by atoms with E-state index >= 15 is 0 Å². The Morgan fingerprint density at radius 1 is 1.00 bits per heavy atom. The van der Waals surface area contributed by atoms with Gasteiger partial charge < -0.3 is 10.2 Å². The molecular formula is C27H31FN4O. The molecule has 5 nitrogen and oxygen atoms in total. The van der Waals surface area contributed by atoms with Gasteiger partial charge in [-0.05, 0) is 59.9 Å². The van der Waals surface area contributed by atoms with Gasteiger partial charge in [-0.15, -0.1) is 0 Å². The van der Waals surface area contributed by atoms with Gasteiger partial charge in [0, 0.05) is 51.5 Å². The highest BCUT2D eigenvalue weighted by atomic mass is 19.1. The Labute approximate surface area is 195 Å². The second-order valence-corrected chi connectivity index (χ2v) is 8.66. The van der Waals surface area contributed by atoms with Crippen molar-refractivity contribution in [1.82, 2.24) is 9.88 Å². The van der Waals surface area contributed by atoms with E-state index in [4.69, 9.17) is 0 Å². The summed E-state index contributed by atoms with van der Waals surface area (Å²) >= 11 is 0. The molecular weight excluding hydrogens is 415 g/mol. The van der Waals surface area contributed by atoms with Crippen LogP contribution in [0.5, 0.6) is 0 Å². The van der Waals surface area contributed by atoms with Gasteiger partial charge in [-0.1, -0.05) is 31.2 Å². The molecule has 1 fully saturated rings. The van der Waals surface area contributed by atoms with E-state index in [2.05, 4.69) is 38.3 Å². The molecule has 6 heteroatoms. The molecule has 0 spiro atoms. The van der Waals surface area contributed by atoms with Crippen molar-refractivity contribution in [3.05, 3.63) is 90.0 Å². The summed E-state index contributed by atoms with van der Waals surface area (Å²) in [4.78, 5) is 21.7. The highest BCUT2D eigenvalue weighted by Crippen LogP contribution is 2.28. The minimum Gasteiger partial charge on any atom is -0.367 e. The van der Waals surface area contributed by atoms with Crippen LogP contribution in [0, 0.1) is 5.82 Å². The number of hydrogen-bond acceptors (Lipinski definition) is 4. The Morgan fingerprint density at radius 2 is 1.70 bits per heavy atom. The molecule has 3 aromatic rings. The number of piperazine rings is 1. The van der Waals surface area contributed by atoms with E-state index in [0.717, 1.165) is 56.1 Å². The lowest BCUT2D eigenvalue weighted by molar-refractivity contribution is -0.116. The molecule has 2 heterocycles. The fourth-order valence-electron chi connectivity index (χ4n) is 4.29. The van der Waals surface area contributed by atoms with Crippen molar-refractivity contribution in [3.8, 4) is 0 Å². The second-order valence-electron chi connectivity index (χ2n) is 8.66. The van der Waals surface area contributed by atoms with Crippen LogP contribution in [-0.2, 0) is 11.2 Å². The van der Waals surface area contributed by atoms with Crippen LogP contribution in [0.2, 0.25) is 0 Å². The number of hydrogen-bond donors (Lipinski definition) is 1. The molecule has 1 unspecified atom stereocenters. The number of carbonyl (C=O) groups excluding carboxylic acids is 1. The largest absolute Gasteiger partial charge is 0.367 e. The first-order valence-corrected chi connectivity index (χ1v) is 11.6. The molecule has 1 saturated heterocycles. The number of nitrogens with zero attached hydrogens (tertiary/aromatic N) is 3. The van der Waals surface area contributed by atoms with E-state index in [-0.39, 0.29) is 17.6 Å². The minimum atomic E-state index is -0.262. The fraction of sp³-hybridized carbons (Fsp3) is 0.333. The van der Waals surface area contributed by atoms with Crippen LogP contribution in [0.25, 0.3) is 0 Å². The van der Waals surface area contributed by atoms with Gasteiger partial charge in [-0.2, -0.15) is 0 Å². The van der Waals surface area contributed by atoms with E-state index in [9.17, 15) is 9.18 Å². The van der Waals surface area contributed by atoms with E-state index < -0.39 is 0 Å². The topological polar surface area (TPSA) is 48.5 Å². The molecule has 33 heavy (non-hydrogen) atoms. The van der Waals surface area contributed by atoms with Crippen molar-refractivity contribution in [1.29, 1.82) is 0 Å². The molecule has 1 atom stereocenters. The Morgan fingerprint density at radius 3 is 2.42 bits per heavy atom. The number of benzene rings is 2. The quantitative estimate of drug-likeness (QED) is 0.544. The summed E-state index contributed by atoms with van der Waals surface area (Å²) in [5, 5.41) is 3.10. The fourth-order valence-corrected chi connectivity index (χ4v) is 4.29. The summed E-state index contributed by atoms with van der Waals surface area (Å²) in [6.45, 7) is 6.87. The first-order chi connectivity index (χ1) is 16.1. The van der Waals surface area contributed by atoms with Crippen LogP contribution < -0.4 is 10.2 Å². The van der Waals surface area contributed by atoms with E-state index in [0.29, 0.717) is 6.42 Å². The molecule has 1 aliphatic heterocycles. The van der Waals surface area contributed by atoms with Crippen molar-refractivity contribution in [2.45, 2.75) is 25.7 Å². The molecule has 0 aliphatic carbocycles. The predicted molar refractivity (Wildman–Crippen MR) is 131 cm³/mol. The first-order valence-electron chi connectivity index (χ1n) is 11.6. The standard InChI is InChI=1S/C27H31FN4O/c1-21(23-6-8-24(28)9-7-23)20-27(33)30-25-4-2-3-5-26(25)32-18-16-31(17-19-32)15-12-22-10-13-29-14-11-22/h2-11,13-14,21H,12,15-20H2,1H3,(H,30,33). The Hall–Kier alpha value is -3.25. The number of carbonyl (C=O) groups is 1. The molecule has 2 aromatic carbocycles. The van der Waals surface area contributed by atoms with Gasteiger partial charge in [-0.3, -0.25) is 14.7 Å². The summed E-state index contributed by atoms with van der Waals surface area (Å²) in [6.07, 6.45) is 5.07. The molecule has 1 amide bonds. The number of anilines is 2. The molecule has 0 bridgehead atoms. The van der Waals surface area contributed by atoms with Crippen molar-refractivity contribution in [2.24, 2.45) is 0 Å². The zero-order valence-corrected chi connectivity index (χ0v) is 19.1. The third-order valence-corrected chi connectivity index (χ3v) is 6.29. The average Bonchev–Trinajstić information content (AvgIpc) is 2.84. The van der Waals surface area contributed by atoms with E-state index in [1.165, 1.54) is 17.7 Å². The Balaban J connectivity index is 1.31. The smallest absolute Gasteiger partial charge is 0.225 e. The van der Waals surface area contributed by atoms with E-state index in [1.54, 1.807) is 12.1 Å². The van der Waals surface area contributed by atoms with Gasteiger partial charge in [0.15, 0.2) is 0 Å². The first kappa shape index (κ1) is 22.9. The number of halogens is 1. The molecule has 4 rings (SSSR count). The van der Waals surface area contributed by atoms with Gasteiger partial charge in [-0.25, -0.2) is 4.39 Å². The lowest BCUT2D eigenvalue weighted by atomic mass is 9.97. The minimum absolute atomic E-state index is 0.0155. The molecule has 1 N–H and O–H groups in total. The predicted octanol–water partition coefficient (Wildman–Crippen LogP) is 4.72. The van der Waals surface area contributed by atoms with Gasteiger partial charge in [0.2, 0.25) is 5.91 Å². The van der Waals surface area contributed by atoms with Gasteiger partial charge in [0.05, 0.1) is 11.4 Å². The normalized spacial score (nSPS) is 15.3. The average molecular weight is 447 g/mol. The summed E-state index contributed by atoms with van der Waals surface area (Å²) in [7, 11) is 0. The lowest BCUT2D eigenvalue weighted by Gasteiger charge is -2.37. The van der Waals surface area contributed by atoms with Crippen molar-refractivity contribution < 1.29 is 9.18 Å².